The summed E-state index contributed by atoms with van der Waals surface area (Å²) in [4.78, 5) is 15.6. The maximum atomic E-state index is 11.6. The molecule has 0 unspecified atom stereocenters. The van der Waals surface area contributed by atoms with E-state index in [1.54, 1.807) is 18.0 Å². The van der Waals surface area contributed by atoms with Gasteiger partial charge < -0.3 is 5.32 Å². The van der Waals surface area contributed by atoms with Crippen molar-refractivity contribution in [3.63, 3.8) is 0 Å². The first-order valence-electron chi connectivity index (χ1n) is 5.69. The minimum Gasteiger partial charge on any atom is -0.301 e. The molecule has 0 radical (unpaired) electrons. The van der Waals surface area contributed by atoms with Crippen LogP contribution in [-0.2, 0) is 16.4 Å². The summed E-state index contributed by atoms with van der Waals surface area (Å²) in [5, 5.41) is 5.24. The highest BCUT2D eigenvalue weighted by Crippen LogP contribution is 2.16. The van der Waals surface area contributed by atoms with Crippen LogP contribution in [0.25, 0.3) is 0 Å². The molecule has 2 rings (SSSR count). The fraction of sp³-hybridized carbons (Fsp3) is 0.231. The molecular formula is C13H13ClN2OS2. The lowest BCUT2D eigenvalue weighted by atomic mass is 10.2. The maximum Gasteiger partial charge on any atom is 0.236 e. The van der Waals surface area contributed by atoms with Crippen LogP contribution in [0.4, 0.5) is 5.13 Å². The number of nitrogens with zero attached hydrogens (tertiary/aromatic N) is 1. The van der Waals surface area contributed by atoms with Crippen LogP contribution >= 0.6 is 34.7 Å². The van der Waals surface area contributed by atoms with Gasteiger partial charge in [-0.05, 0) is 11.1 Å². The van der Waals surface area contributed by atoms with Crippen molar-refractivity contribution in [3.05, 3.63) is 47.0 Å². The summed E-state index contributed by atoms with van der Waals surface area (Å²) in [5.41, 5.74) is 2.29. The number of carbonyl (C=O) groups excluding carboxylic acids is 1. The van der Waals surface area contributed by atoms with Gasteiger partial charge in [0.2, 0.25) is 5.91 Å². The summed E-state index contributed by atoms with van der Waals surface area (Å²) >= 11 is 8.78. The molecule has 1 aromatic heterocycles. The molecule has 19 heavy (non-hydrogen) atoms. The Labute approximate surface area is 125 Å². The molecule has 0 aliphatic rings. The highest BCUT2D eigenvalue weighted by atomic mass is 35.5. The Morgan fingerprint density at radius 2 is 2.26 bits per heavy atom. The minimum absolute atomic E-state index is 0.0200. The van der Waals surface area contributed by atoms with Crippen LogP contribution in [0.2, 0.25) is 0 Å². The summed E-state index contributed by atoms with van der Waals surface area (Å²) in [6.07, 6.45) is 1.67. The second kappa shape index (κ2) is 7.53. The van der Waals surface area contributed by atoms with Gasteiger partial charge in [0.25, 0.3) is 0 Å². The van der Waals surface area contributed by atoms with Crippen molar-refractivity contribution in [2.24, 2.45) is 0 Å². The summed E-state index contributed by atoms with van der Waals surface area (Å²) in [5.74, 6) is 1.72. The third-order valence-corrected chi connectivity index (χ3v) is 4.33. The number of amides is 1. The number of anilines is 1. The number of thioether (sulfide) groups is 1. The van der Waals surface area contributed by atoms with E-state index in [1.807, 2.05) is 23.6 Å². The van der Waals surface area contributed by atoms with Crippen LogP contribution in [0.1, 0.15) is 11.1 Å². The van der Waals surface area contributed by atoms with Gasteiger partial charge in [0.15, 0.2) is 5.13 Å². The molecule has 1 aromatic carbocycles. The molecule has 1 N–H and O–H groups in total. The van der Waals surface area contributed by atoms with Crippen LogP contribution in [-0.4, -0.2) is 16.6 Å². The Kier molecular flexibility index (Phi) is 5.69. The molecule has 0 aliphatic carbocycles. The fourth-order valence-electron chi connectivity index (χ4n) is 1.50. The molecule has 0 saturated heterocycles. The molecule has 1 heterocycles. The van der Waals surface area contributed by atoms with Gasteiger partial charge in [0, 0.05) is 23.2 Å². The lowest BCUT2D eigenvalue weighted by Gasteiger charge is -2.04. The standard InChI is InChI=1S/C13H13ClN2OS2/c14-7-10-2-1-3-11(6-10)8-18-9-12(17)16-13-15-4-5-19-13/h1-6H,7-9H2,(H,15,16,17). The Bertz CT molecular complexity index is 531. The number of hydrogen-bond acceptors (Lipinski definition) is 4. The van der Waals surface area contributed by atoms with E-state index in [9.17, 15) is 4.79 Å². The van der Waals surface area contributed by atoms with Gasteiger partial charge in [-0.1, -0.05) is 24.3 Å². The zero-order valence-electron chi connectivity index (χ0n) is 10.1. The predicted octanol–water partition coefficient (Wildman–Crippen LogP) is 3.75. The second-order valence-electron chi connectivity index (χ2n) is 3.83. The molecule has 100 valence electrons. The molecule has 0 aliphatic heterocycles. The first-order valence-corrected chi connectivity index (χ1v) is 8.25. The third kappa shape index (κ3) is 4.86. The zero-order valence-corrected chi connectivity index (χ0v) is 12.5. The maximum absolute atomic E-state index is 11.6. The van der Waals surface area contributed by atoms with Gasteiger partial charge in [0.1, 0.15) is 0 Å². The van der Waals surface area contributed by atoms with E-state index in [2.05, 4.69) is 16.4 Å². The number of benzene rings is 1. The highest BCUT2D eigenvalue weighted by molar-refractivity contribution is 7.99. The average Bonchev–Trinajstić information content (AvgIpc) is 2.92. The highest BCUT2D eigenvalue weighted by Gasteiger charge is 2.04. The number of thiazole rings is 1. The van der Waals surface area contributed by atoms with Gasteiger partial charge in [0.05, 0.1) is 5.75 Å². The molecular weight excluding hydrogens is 300 g/mol. The van der Waals surface area contributed by atoms with Crippen molar-refractivity contribution in [3.8, 4) is 0 Å². The number of aromatic nitrogens is 1. The number of rotatable bonds is 6. The number of alkyl halides is 1. The number of carbonyl (C=O) groups is 1. The quantitative estimate of drug-likeness (QED) is 0.826. The van der Waals surface area contributed by atoms with Crippen molar-refractivity contribution in [2.45, 2.75) is 11.6 Å². The van der Waals surface area contributed by atoms with Crippen molar-refractivity contribution in [1.82, 2.24) is 4.98 Å². The third-order valence-electron chi connectivity index (χ3n) is 2.33. The summed E-state index contributed by atoms with van der Waals surface area (Å²) < 4.78 is 0. The van der Waals surface area contributed by atoms with E-state index in [-0.39, 0.29) is 5.91 Å². The first-order chi connectivity index (χ1) is 9.28. The van der Waals surface area contributed by atoms with E-state index in [0.717, 1.165) is 11.3 Å². The van der Waals surface area contributed by atoms with Crippen molar-refractivity contribution >= 4 is 45.7 Å². The molecule has 2 aromatic rings. The molecule has 0 atom stereocenters. The topological polar surface area (TPSA) is 42.0 Å². The van der Waals surface area contributed by atoms with Crippen LogP contribution < -0.4 is 5.32 Å². The van der Waals surface area contributed by atoms with Crippen LogP contribution in [0, 0.1) is 0 Å². The smallest absolute Gasteiger partial charge is 0.236 e. The van der Waals surface area contributed by atoms with Crippen molar-refractivity contribution in [2.75, 3.05) is 11.1 Å². The predicted molar refractivity (Wildman–Crippen MR) is 82.9 cm³/mol. The van der Waals surface area contributed by atoms with Gasteiger partial charge in [-0.15, -0.1) is 34.7 Å². The monoisotopic (exact) mass is 312 g/mol. The lowest BCUT2D eigenvalue weighted by molar-refractivity contribution is -0.113. The van der Waals surface area contributed by atoms with Crippen molar-refractivity contribution < 1.29 is 4.79 Å². The number of halogens is 1. The first kappa shape index (κ1) is 14.4. The molecule has 3 nitrogen and oxygen atoms in total. The largest absolute Gasteiger partial charge is 0.301 e. The van der Waals surface area contributed by atoms with Crippen LogP contribution in [0.5, 0.6) is 0 Å². The van der Waals surface area contributed by atoms with E-state index in [1.165, 1.54) is 16.9 Å². The van der Waals surface area contributed by atoms with Gasteiger partial charge >= 0.3 is 0 Å². The Morgan fingerprint density at radius 1 is 1.42 bits per heavy atom. The minimum atomic E-state index is -0.0200. The number of nitrogens with one attached hydrogen (secondary N) is 1. The van der Waals surface area contributed by atoms with E-state index >= 15 is 0 Å². The fourth-order valence-corrected chi connectivity index (χ4v) is 2.99. The molecule has 0 fully saturated rings. The van der Waals surface area contributed by atoms with E-state index < -0.39 is 0 Å². The van der Waals surface area contributed by atoms with Crippen molar-refractivity contribution in [1.29, 1.82) is 0 Å². The molecule has 0 bridgehead atoms. The molecule has 1 amide bonds. The summed E-state index contributed by atoms with van der Waals surface area (Å²) in [6.45, 7) is 0. The van der Waals surface area contributed by atoms with E-state index in [0.29, 0.717) is 16.8 Å². The average molecular weight is 313 g/mol. The summed E-state index contributed by atoms with van der Waals surface area (Å²) in [6, 6.07) is 8.10. The Morgan fingerprint density at radius 3 is 3.00 bits per heavy atom. The second-order valence-corrected chi connectivity index (χ2v) is 5.98. The van der Waals surface area contributed by atoms with Crippen LogP contribution in [0.3, 0.4) is 0 Å². The van der Waals surface area contributed by atoms with Crippen LogP contribution in [0.15, 0.2) is 35.8 Å². The normalized spacial score (nSPS) is 10.4. The molecule has 0 saturated carbocycles. The van der Waals surface area contributed by atoms with Gasteiger partial charge in [-0.3, -0.25) is 4.79 Å². The Hall–Kier alpha value is -1.04. The Balaban J connectivity index is 1.75. The number of hydrogen-bond donors (Lipinski definition) is 1. The van der Waals surface area contributed by atoms with E-state index in [4.69, 9.17) is 11.6 Å². The van der Waals surface area contributed by atoms with Gasteiger partial charge in [-0.2, -0.15) is 0 Å². The zero-order chi connectivity index (χ0) is 13.5. The molecule has 6 heteroatoms. The van der Waals surface area contributed by atoms with Gasteiger partial charge in [-0.25, -0.2) is 4.98 Å². The SMILES string of the molecule is O=C(CSCc1cccc(CCl)c1)Nc1nccs1. The molecule has 0 spiro atoms. The summed E-state index contributed by atoms with van der Waals surface area (Å²) in [7, 11) is 0. The lowest BCUT2D eigenvalue weighted by Crippen LogP contribution is -2.13.